The first-order valence-electron chi connectivity index (χ1n) is 15.4. The van der Waals surface area contributed by atoms with E-state index in [1.807, 2.05) is 12.1 Å². The molecule has 0 bridgehead atoms. The van der Waals surface area contributed by atoms with Crippen molar-refractivity contribution in [2.24, 2.45) is 5.92 Å². The predicted octanol–water partition coefficient (Wildman–Crippen LogP) is 3.21. The molecule has 0 aromatic heterocycles. The molecule has 1 saturated carbocycles. The van der Waals surface area contributed by atoms with Gasteiger partial charge in [0.05, 0.1) is 19.7 Å². The molecule has 1 aromatic rings. The molecule has 45 heavy (non-hydrogen) atoms. The van der Waals surface area contributed by atoms with Crippen molar-refractivity contribution >= 4 is 41.6 Å². The van der Waals surface area contributed by atoms with E-state index in [0.717, 1.165) is 24.0 Å². The minimum absolute atomic E-state index is 0.0504. The fraction of sp³-hybridized carbons (Fsp3) is 0.645. The maximum Gasteiger partial charge on any atom is 0.410 e. The Balaban J connectivity index is 1.36. The first kappa shape index (κ1) is 32.8. The maximum absolute atomic E-state index is 14.0. The third-order valence-electron chi connectivity index (χ3n) is 8.75. The number of carbonyl (C=O) groups is 5. The number of amides is 4. The van der Waals surface area contributed by atoms with Gasteiger partial charge < -0.3 is 34.9 Å². The van der Waals surface area contributed by atoms with E-state index in [9.17, 15) is 29.1 Å². The lowest BCUT2D eigenvalue weighted by atomic mass is 10.1. The molecule has 0 spiro atoms. The predicted molar refractivity (Wildman–Crippen MR) is 160 cm³/mol. The van der Waals surface area contributed by atoms with Crippen LogP contribution in [0.2, 0.25) is 5.02 Å². The zero-order chi connectivity index (χ0) is 32.5. The van der Waals surface area contributed by atoms with Crippen LogP contribution in [0.3, 0.4) is 0 Å². The van der Waals surface area contributed by atoms with Crippen molar-refractivity contribution in [1.82, 2.24) is 20.4 Å². The lowest BCUT2D eigenvalue weighted by molar-refractivity contribution is -0.146. The molecule has 0 radical (unpaired) electrons. The van der Waals surface area contributed by atoms with Crippen LogP contribution in [-0.2, 0) is 41.7 Å². The number of carboxylic acids is 1. The van der Waals surface area contributed by atoms with Gasteiger partial charge in [0.25, 0.3) is 0 Å². The number of nitrogens with zero attached hydrogens (tertiary/aromatic N) is 2. The van der Waals surface area contributed by atoms with Crippen LogP contribution in [0.4, 0.5) is 9.59 Å². The summed E-state index contributed by atoms with van der Waals surface area (Å²) in [7, 11) is 0. The summed E-state index contributed by atoms with van der Waals surface area (Å²) in [6.07, 6.45) is 0.783. The van der Waals surface area contributed by atoms with E-state index in [2.05, 4.69) is 10.6 Å². The number of alkyl carbamates (subject to hydrolysis) is 1. The number of carbonyl (C=O) groups excluding carboxylic acids is 4. The summed E-state index contributed by atoms with van der Waals surface area (Å²) < 4.78 is 17.0. The molecular weight excluding hydrogens is 608 g/mol. The third kappa shape index (κ3) is 7.46. The molecule has 3 N–H and O–H groups in total. The highest BCUT2D eigenvalue weighted by Crippen LogP contribution is 2.47. The van der Waals surface area contributed by atoms with Crippen LogP contribution in [-0.4, -0.2) is 94.0 Å². The second-order valence-electron chi connectivity index (χ2n) is 13.3. The number of carboxylic acid groups (broad SMARTS) is 1. The monoisotopic (exact) mass is 648 g/mol. The van der Waals surface area contributed by atoms with Crippen molar-refractivity contribution in [1.29, 1.82) is 0 Å². The molecule has 14 heteroatoms. The fourth-order valence-corrected chi connectivity index (χ4v) is 6.60. The zero-order valence-electron chi connectivity index (χ0n) is 25.8. The largest absolute Gasteiger partial charge is 0.479 e. The quantitative estimate of drug-likeness (QED) is 0.446. The summed E-state index contributed by atoms with van der Waals surface area (Å²) in [5.41, 5.74) is -0.499. The van der Waals surface area contributed by atoms with Gasteiger partial charge in [0.2, 0.25) is 11.8 Å². The minimum atomic E-state index is -1.41. The first-order valence-corrected chi connectivity index (χ1v) is 15.8. The van der Waals surface area contributed by atoms with Gasteiger partial charge in [0, 0.05) is 24.6 Å². The Morgan fingerprint density at radius 1 is 1.16 bits per heavy atom. The van der Waals surface area contributed by atoms with Gasteiger partial charge in [-0.2, -0.15) is 0 Å². The van der Waals surface area contributed by atoms with Gasteiger partial charge in [-0.05, 0) is 63.1 Å². The molecule has 1 aliphatic carbocycles. The molecule has 4 aliphatic rings. The number of rotatable bonds is 3. The summed E-state index contributed by atoms with van der Waals surface area (Å²) in [5, 5.41) is 15.9. The second kappa shape index (κ2) is 13.0. The molecule has 5 rings (SSSR count). The first-order chi connectivity index (χ1) is 21.3. The molecule has 246 valence electrons. The van der Waals surface area contributed by atoms with Gasteiger partial charge in [-0.25, -0.2) is 14.4 Å². The standard InChI is InChI=1S/C31H41ClN4O9/c1-30(2,3)45-28(41)33-23-17-43-11-6-4-5-9-19-13-31(19,27(39)40)34-25(37)24-12-20(15-36(24)26(23)38)44-29(42)35-14-18-8-7-10-22(32)21(18)16-35/h7-8,10,19-20,23-24H,4-6,9,11-17H2,1-3H3,(H,33,41)(H,34,37)(H,39,40)/t19-,20-,23+,24+,31-/m1/s1. The lowest BCUT2D eigenvalue weighted by Crippen LogP contribution is -2.57. The highest BCUT2D eigenvalue weighted by atomic mass is 35.5. The molecular formula is C31H41ClN4O9. The smallest absolute Gasteiger partial charge is 0.410 e. The number of ether oxygens (including phenoxy) is 3. The Morgan fingerprint density at radius 2 is 1.93 bits per heavy atom. The Kier molecular flexibility index (Phi) is 9.50. The Labute approximate surface area is 266 Å². The van der Waals surface area contributed by atoms with Gasteiger partial charge >= 0.3 is 18.2 Å². The summed E-state index contributed by atoms with van der Waals surface area (Å²) in [6.45, 7) is 5.66. The molecule has 3 heterocycles. The van der Waals surface area contributed by atoms with E-state index >= 15 is 0 Å². The lowest BCUT2D eigenvalue weighted by Gasteiger charge is -2.30. The average molecular weight is 649 g/mol. The van der Waals surface area contributed by atoms with E-state index < -0.39 is 59.3 Å². The molecule has 0 unspecified atom stereocenters. The topological polar surface area (TPSA) is 164 Å². The number of nitrogens with one attached hydrogen (secondary N) is 2. The minimum Gasteiger partial charge on any atom is -0.479 e. The molecule has 3 fully saturated rings. The van der Waals surface area contributed by atoms with E-state index in [1.54, 1.807) is 26.8 Å². The van der Waals surface area contributed by atoms with Crippen molar-refractivity contribution < 1.29 is 43.3 Å². The molecule has 13 nitrogen and oxygen atoms in total. The van der Waals surface area contributed by atoms with Gasteiger partial charge in [-0.3, -0.25) is 14.5 Å². The van der Waals surface area contributed by atoms with Crippen molar-refractivity contribution in [3.63, 3.8) is 0 Å². The normalized spacial score (nSPS) is 28.9. The third-order valence-corrected chi connectivity index (χ3v) is 9.10. The number of hydrogen-bond acceptors (Lipinski definition) is 8. The van der Waals surface area contributed by atoms with E-state index in [4.69, 9.17) is 25.8 Å². The van der Waals surface area contributed by atoms with Crippen molar-refractivity contribution in [2.45, 2.75) is 102 Å². The summed E-state index contributed by atoms with van der Waals surface area (Å²) in [4.78, 5) is 68.7. The van der Waals surface area contributed by atoms with Crippen LogP contribution in [0.25, 0.3) is 0 Å². The molecule has 1 aromatic carbocycles. The van der Waals surface area contributed by atoms with Crippen molar-refractivity contribution in [3.05, 3.63) is 34.3 Å². The molecule has 5 atom stereocenters. The molecule has 4 amide bonds. The van der Waals surface area contributed by atoms with Crippen molar-refractivity contribution in [2.75, 3.05) is 19.8 Å². The highest BCUT2D eigenvalue weighted by molar-refractivity contribution is 6.31. The Bertz CT molecular complexity index is 1350. The Hall–Kier alpha value is -3.58. The summed E-state index contributed by atoms with van der Waals surface area (Å²) in [5.74, 6) is -2.64. The van der Waals surface area contributed by atoms with Gasteiger partial charge in [0.1, 0.15) is 29.3 Å². The molecule has 3 aliphatic heterocycles. The van der Waals surface area contributed by atoms with E-state index in [-0.39, 0.29) is 32.0 Å². The van der Waals surface area contributed by atoms with Crippen LogP contribution < -0.4 is 10.6 Å². The SMILES string of the molecule is CC(C)(C)OC(=O)N[C@H]1COCCCCC[C@@H]2C[C@@]2(C(=O)O)NC(=O)[C@@H]2C[C@@H](OC(=O)N3Cc4cccc(Cl)c4C3)CN2C1=O. The molecule has 2 saturated heterocycles. The van der Waals surface area contributed by atoms with Crippen LogP contribution in [0.15, 0.2) is 18.2 Å². The second-order valence-corrected chi connectivity index (χ2v) is 13.7. The van der Waals surface area contributed by atoms with E-state index in [0.29, 0.717) is 37.4 Å². The fourth-order valence-electron chi connectivity index (χ4n) is 6.35. The van der Waals surface area contributed by atoms with E-state index in [1.165, 1.54) is 9.80 Å². The maximum atomic E-state index is 14.0. The average Bonchev–Trinajstić information content (AvgIpc) is 3.27. The van der Waals surface area contributed by atoms with Gasteiger partial charge in [-0.1, -0.05) is 36.6 Å². The van der Waals surface area contributed by atoms with Crippen LogP contribution in [0.5, 0.6) is 0 Å². The van der Waals surface area contributed by atoms with Gasteiger partial charge in [-0.15, -0.1) is 0 Å². The zero-order valence-corrected chi connectivity index (χ0v) is 26.6. The van der Waals surface area contributed by atoms with Crippen LogP contribution in [0, 0.1) is 5.92 Å². The number of hydrogen-bond donors (Lipinski definition) is 3. The van der Waals surface area contributed by atoms with Crippen LogP contribution in [0.1, 0.15) is 70.4 Å². The van der Waals surface area contributed by atoms with Gasteiger partial charge in [0.15, 0.2) is 0 Å². The van der Waals surface area contributed by atoms with Crippen molar-refractivity contribution in [3.8, 4) is 0 Å². The van der Waals surface area contributed by atoms with Crippen LogP contribution >= 0.6 is 11.6 Å². The number of fused-ring (bicyclic) bond motifs is 3. The number of aliphatic carboxylic acids is 1. The number of benzene rings is 1. The summed E-state index contributed by atoms with van der Waals surface area (Å²) in [6, 6.07) is 3.09. The summed E-state index contributed by atoms with van der Waals surface area (Å²) >= 11 is 6.31. The Morgan fingerprint density at radius 3 is 2.64 bits per heavy atom. The number of halogens is 1. The highest BCUT2D eigenvalue weighted by Gasteiger charge is 2.62.